The van der Waals surface area contributed by atoms with Gasteiger partial charge in [0, 0.05) is 54.4 Å². The van der Waals surface area contributed by atoms with Crippen molar-refractivity contribution in [1.29, 1.82) is 0 Å². The number of halogens is 4. The molecule has 0 fully saturated rings. The summed E-state index contributed by atoms with van der Waals surface area (Å²) in [6.45, 7) is 1.45. The standard InChI is InChI=1S/C25H22F4N4/c26-19-2-4-21(5-3-19)33-15-23(22-14-18(25(27,28)29)1-6-24(22)33)17-7-9-31-20(13-17)8-11-32-12-10-30-16-32/h1-7,10,12,14-16,20,31H,8-9,11,13H2. The van der Waals surface area contributed by atoms with E-state index in [1.807, 2.05) is 27.6 Å². The molecule has 1 N–H and O–H groups in total. The molecule has 0 saturated carbocycles. The highest BCUT2D eigenvalue weighted by Gasteiger charge is 2.31. The summed E-state index contributed by atoms with van der Waals surface area (Å²) >= 11 is 0. The van der Waals surface area contributed by atoms with E-state index in [4.69, 9.17) is 0 Å². The maximum absolute atomic E-state index is 13.5. The van der Waals surface area contributed by atoms with Crippen LogP contribution in [0.3, 0.4) is 0 Å². The summed E-state index contributed by atoms with van der Waals surface area (Å²) in [5, 5.41) is 4.01. The second kappa shape index (κ2) is 8.51. The Balaban J connectivity index is 1.53. The van der Waals surface area contributed by atoms with Gasteiger partial charge in [0.25, 0.3) is 0 Å². The van der Waals surface area contributed by atoms with Gasteiger partial charge in [-0.05, 0) is 60.9 Å². The topological polar surface area (TPSA) is 34.8 Å². The highest BCUT2D eigenvalue weighted by Crippen LogP contribution is 2.37. The number of fused-ring (bicyclic) bond motifs is 1. The van der Waals surface area contributed by atoms with E-state index in [1.54, 1.807) is 24.7 Å². The van der Waals surface area contributed by atoms with Gasteiger partial charge < -0.3 is 14.5 Å². The van der Waals surface area contributed by atoms with Gasteiger partial charge in [-0.2, -0.15) is 13.2 Å². The molecule has 1 aliphatic heterocycles. The van der Waals surface area contributed by atoms with E-state index in [-0.39, 0.29) is 11.9 Å². The number of rotatable bonds is 5. The molecule has 0 amide bonds. The number of aryl methyl sites for hydroxylation is 1. The van der Waals surface area contributed by atoms with Crippen LogP contribution in [0.2, 0.25) is 0 Å². The lowest BCUT2D eigenvalue weighted by molar-refractivity contribution is -0.137. The SMILES string of the molecule is Fc1ccc(-n2cc(C3=CCNC(CCn4ccnc4)C3)c3cc(C(F)(F)F)ccc32)cc1. The number of hydrogen-bond donors (Lipinski definition) is 1. The van der Waals surface area contributed by atoms with Gasteiger partial charge in [-0.3, -0.25) is 0 Å². The van der Waals surface area contributed by atoms with Crippen molar-refractivity contribution in [3.8, 4) is 5.69 Å². The van der Waals surface area contributed by atoms with E-state index in [0.717, 1.165) is 30.2 Å². The molecule has 0 saturated heterocycles. The highest BCUT2D eigenvalue weighted by atomic mass is 19.4. The summed E-state index contributed by atoms with van der Waals surface area (Å²) in [6, 6.07) is 9.94. The number of alkyl halides is 3. The van der Waals surface area contributed by atoms with Crippen LogP contribution >= 0.6 is 0 Å². The lowest BCUT2D eigenvalue weighted by Crippen LogP contribution is -2.33. The number of nitrogens with zero attached hydrogens (tertiary/aromatic N) is 3. The molecule has 1 atom stereocenters. The lowest BCUT2D eigenvalue weighted by atomic mass is 9.93. The molecule has 0 aliphatic carbocycles. The number of nitrogens with one attached hydrogen (secondary N) is 1. The van der Waals surface area contributed by atoms with Gasteiger partial charge in [0.05, 0.1) is 17.4 Å². The molecule has 0 bridgehead atoms. The molecule has 2 aromatic heterocycles. The van der Waals surface area contributed by atoms with Crippen molar-refractivity contribution in [2.45, 2.75) is 31.6 Å². The van der Waals surface area contributed by atoms with Crippen molar-refractivity contribution < 1.29 is 17.6 Å². The fourth-order valence-corrected chi connectivity index (χ4v) is 4.40. The Morgan fingerprint density at radius 2 is 1.91 bits per heavy atom. The van der Waals surface area contributed by atoms with E-state index in [0.29, 0.717) is 29.6 Å². The zero-order valence-electron chi connectivity index (χ0n) is 17.7. The van der Waals surface area contributed by atoms with Gasteiger partial charge in [-0.15, -0.1) is 0 Å². The zero-order valence-corrected chi connectivity index (χ0v) is 17.7. The predicted octanol–water partition coefficient (Wildman–Crippen LogP) is 5.82. The van der Waals surface area contributed by atoms with E-state index in [1.165, 1.54) is 24.3 Å². The number of aromatic nitrogens is 3. The Hall–Kier alpha value is -3.39. The third-order valence-corrected chi connectivity index (χ3v) is 6.10. The Morgan fingerprint density at radius 1 is 1.09 bits per heavy atom. The molecule has 4 aromatic rings. The maximum atomic E-state index is 13.5. The van der Waals surface area contributed by atoms with Gasteiger partial charge in [-0.25, -0.2) is 9.37 Å². The first-order valence-electron chi connectivity index (χ1n) is 10.8. The predicted molar refractivity (Wildman–Crippen MR) is 119 cm³/mol. The van der Waals surface area contributed by atoms with Crippen LogP contribution in [0.15, 0.2) is 73.5 Å². The van der Waals surface area contributed by atoms with Crippen LogP contribution in [0.1, 0.15) is 24.0 Å². The highest BCUT2D eigenvalue weighted by molar-refractivity contribution is 5.95. The summed E-state index contributed by atoms with van der Waals surface area (Å²) < 4.78 is 57.7. The minimum absolute atomic E-state index is 0.197. The molecular weight excluding hydrogens is 432 g/mol. The monoisotopic (exact) mass is 454 g/mol. The Kier molecular flexibility index (Phi) is 5.54. The van der Waals surface area contributed by atoms with Gasteiger partial charge in [0.1, 0.15) is 5.82 Å². The Labute approximate surface area is 188 Å². The first kappa shape index (κ1) is 21.5. The maximum Gasteiger partial charge on any atom is 0.416 e. The quantitative estimate of drug-likeness (QED) is 0.386. The molecule has 1 unspecified atom stereocenters. The number of imidazole rings is 1. The minimum atomic E-state index is -4.43. The average Bonchev–Trinajstić information content (AvgIpc) is 3.46. The van der Waals surface area contributed by atoms with E-state index in [9.17, 15) is 17.6 Å². The molecule has 0 spiro atoms. The van der Waals surface area contributed by atoms with Crippen LogP contribution in [0.25, 0.3) is 22.2 Å². The fraction of sp³-hybridized carbons (Fsp3) is 0.240. The molecule has 1 aliphatic rings. The van der Waals surface area contributed by atoms with E-state index >= 15 is 0 Å². The molecule has 33 heavy (non-hydrogen) atoms. The third-order valence-electron chi connectivity index (χ3n) is 6.10. The van der Waals surface area contributed by atoms with Gasteiger partial charge in [-0.1, -0.05) is 6.08 Å². The average molecular weight is 454 g/mol. The molecule has 8 heteroatoms. The lowest BCUT2D eigenvalue weighted by Gasteiger charge is -2.24. The third kappa shape index (κ3) is 4.43. The van der Waals surface area contributed by atoms with E-state index in [2.05, 4.69) is 10.3 Å². The largest absolute Gasteiger partial charge is 0.416 e. The Morgan fingerprint density at radius 3 is 2.64 bits per heavy atom. The number of hydrogen-bond acceptors (Lipinski definition) is 2. The summed E-state index contributed by atoms with van der Waals surface area (Å²) in [6.07, 6.45) is 6.47. The van der Waals surface area contributed by atoms with Crippen molar-refractivity contribution in [2.24, 2.45) is 0 Å². The fourth-order valence-electron chi connectivity index (χ4n) is 4.40. The van der Waals surface area contributed by atoms with Crippen LogP contribution in [-0.2, 0) is 12.7 Å². The molecular formula is C25H22F4N4. The first-order chi connectivity index (χ1) is 15.9. The van der Waals surface area contributed by atoms with Crippen molar-refractivity contribution in [3.05, 3.63) is 90.4 Å². The number of benzene rings is 2. The smallest absolute Gasteiger partial charge is 0.337 e. The summed E-state index contributed by atoms with van der Waals surface area (Å²) in [5.41, 5.74) is 2.45. The normalized spacial score (nSPS) is 16.8. The van der Waals surface area contributed by atoms with Crippen molar-refractivity contribution in [3.63, 3.8) is 0 Å². The summed E-state index contributed by atoms with van der Waals surface area (Å²) in [7, 11) is 0. The van der Waals surface area contributed by atoms with Crippen LogP contribution in [-0.4, -0.2) is 26.7 Å². The minimum Gasteiger partial charge on any atom is -0.337 e. The van der Waals surface area contributed by atoms with Crippen LogP contribution in [0, 0.1) is 5.82 Å². The molecule has 170 valence electrons. The van der Waals surface area contributed by atoms with Gasteiger partial charge in [0.15, 0.2) is 0 Å². The van der Waals surface area contributed by atoms with Crippen LogP contribution in [0.4, 0.5) is 17.6 Å². The molecule has 2 aromatic carbocycles. The van der Waals surface area contributed by atoms with Gasteiger partial charge in [0.2, 0.25) is 0 Å². The first-order valence-corrected chi connectivity index (χ1v) is 10.8. The van der Waals surface area contributed by atoms with Crippen molar-refractivity contribution >= 4 is 16.5 Å². The molecule has 3 heterocycles. The molecule has 0 radical (unpaired) electrons. The van der Waals surface area contributed by atoms with Gasteiger partial charge >= 0.3 is 6.18 Å². The second-order valence-electron chi connectivity index (χ2n) is 8.25. The van der Waals surface area contributed by atoms with E-state index < -0.39 is 11.7 Å². The summed E-state index contributed by atoms with van der Waals surface area (Å²) in [5.74, 6) is -0.364. The van der Waals surface area contributed by atoms with Crippen molar-refractivity contribution in [2.75, 3.05) is 6.54 Å². The van der Waals surface area contributed by atoms with Crippen molar-refractivity contribution in [1.82, 2.24) is 19.4 Å². The zero-order chi connectivity index (χ0) is 23.0. The summed E-state index contributed by atoms with van der Waals surface area (Å²) in [4.78, 5) is 4.06. The Bertz CT molecular complexity index is 1280. The van der Waals surface area contributed by atoms with Crippen LogP contribution in [0.5, 0.6) is 0 Å². The molecule has 4 nitrogen and oxygen atoms in total. The van der Waals surface area contributed by atoms with Crippen LogP contribution < -0.4 is 5.32 Å². The second-order valence-corrected chi connectivity index (χ2v) is 8.25. The molecule has 5 rings (SSSR count).